The van der Waals surface area contributed by atoms with Gasteiger partial charge in [-0.05, 0) is 11.1 Å². The molecule has 0 aliphatic rings. The first kappa shape index (κ1) is 17.4. The van der Waals surface area contributed by atoms with E-state index in [2.05, 4.69) is 0 Å². The van der Waals surface area contributed by atoms with Crippen LogP contribution < -0.4 is 51.4 Å². The van der Waals surface area contributed by atoms with Crippen molar-refractivity contribution in [1.82, 2.24) is 0 Å². The molecular formula is C16H14FKO2. The van der Waals surface area contributed by atoms with Gasteiger partial charge in [-0.25, -0.2) is 0 Å². The zero-order valence-corrected chi connectivity index (χ0v) is 14.7. The fourth-order valence-corrected chi connectivity index (χ4v) is 1.77. The van der Waals surface area contributed by atoms with Crippen LogP contribution in [0.25, 0.3) is 0 Å². The quantitative estimate of drug-likeness (QED) is 0.475. The van der Waals surface area contributed by atoms with Crippen molar-refractivity contribution in [3.63, 3.8) is 0 Å². The van der Waals surface area contributed by atoms with E-state index in [0.29, 0.717) is 0 Å². The van der Waals surface area contributed by atoms with Gasteiger partial charge < -0.3 is 9.13 Å². The first-order valence-corrected chi connectivity index (χ1v) is 5.98. The number of carbonyl (C=O) groups is 1. The van der Waals surface area contributed by atoms with Crippen molar-refractivity contribution in [2.75, 3.05) is 0 Å². The van der Waals surface area contributed by atoms with Gasteiger partial charge in [-0.15, -0.1) is 13.1 Å². The van der Waals surface area contributed by atoms with E-state index in [1.165, 1.54) is 0 Å². The molecule has 0 N–H and O–H groups in total. The van der Waals surface area contributed by atoms with Crippen LogP contribution in [-0.4, -0.2) is 5.97 Å². The van der Waals surface area contributed by atoms with Gasteiger partial charge in [0.05, 0.1) is 0 Å². The Morgan fingerprint density at radius 3 is 1.75 bits per heavy atom. The normalized spacial score (nSPS) is 9.75. The number of carbonyl (C=O) groups excluding carboxylic acids is 1. The SMILES string of the molecule is C[C-](F)C(=O)OC(c1ccccc1)c1ccccc1.[K+]. The molecular weight excluding hydrogens is 282 g/mol. The molecule has 0 unspecified atom stereocenters. The third kappa shape index (κ3) is 4.72. The Morgan fingerprint density at radius 2 is 1.40 bits per heavy atom. The fraction of sp³-hybridized carbons (Fsp3) is 0.125. The van der Waals surface area contributed by atoms with Crippen molar-refractivity contribution in [1.29, 1.82) is 0 Å². The van der Waals surface area contributed by atoms with Crippen molar-refractivity contribution in [2.45, 2.75) is 13.0 Å². The molecule has 0 fully saturated rings. The number of hydrogen-bond donors (Lipinski definition) is 0. The van der Waals surface area contributed by atoms with Crippen molar-refractivity contribution in [3.05, 3.63) is 78.0 Å². The molecule has 98 valence electrons. The Balaban J connectivity index is 0.00000200. The summed E-state index contributed by atoms with van der Waals surface area (Å²) in [5, 5.41) is 0. The van der Waals surface area contributed by atoms with Crippen LogP contribution in [0, 0.1) is 6.17 Å². The summed E-state index contributed by atoms with van der Waals surface area (Å²) in [5.41, 5.74) is 1.62. The molecule has 0 atom stereocenters. The zero-order valence-electron chi connectivity index (χ0n) is 11.5. The van der Waals surface area contributed by atoms with Crippen molar-refractivity contribution >= 4 is 5.97 Å². The number of ether oxygens (including phenoxy) is 1. The maximum absolute atomic E-state index is 12.9. The smallest absolute Gasteiger partial charge is 0.473 e. The molecule has 0 amide bonds. The molecule has 0 radical (unpaired) electrons. The van der Waals surface area contributed by atoms with E-state index in [1.54, 1.807) is 0 Å². The van der Waals surface area contributed by atoms with E-state index >= 15 is 0 Å². The van der Waals surface area contributed by atoms with Crippen LogP contribution in [0.4, 0.5) is 4.39 Å². The topological polar surface area (TPSA) is 26.3 Å². The number of benzene rings is 2. The third-order valence-electron chi connectivity index (χ3n) is 2.71. The van der Waals surface area contributed by atoms with E-state index < -0.39 is 18.2 Å². The molecule has 0 bridgehead atoms. The number of halogens is 1. The Kier molecular flexibility index (Phi) is 7.47. The van der Waals surface area contributed by atoms with Gasteiger partial charge in [0.2, 0.25) is 0 Å². The maximum Gasteiger partial charge on any atom is 1.00 e. The van der Waals surface area contributed by atoms with Crippen LogP contribution >= 0.6 is 0 Å². The van der Waals surface area contributed by atoms with Gasteiger partial charge in [-0.1, -0.05) is 60.7 Å². The van der Waals surface area contributed by atoms with Crippen molar-refractivity contribution in [3.8, 4) is 0 Å². The molecule has 0 spiro atoms. The maximum atomic E-state index is 12.9. The van der Waals surface area contributed by atoms with Gasteiger partial charge in [0.1, 0.15) is 6.10 Å². The van der Waals surface area contributed by atoms with E-state index in [0.717, 1.165) is 18.1 Å². The Morgan fingerprint density at radius 1 is 1.00 bits per heavy atom. The zero-order chi connectivity index (χ0) is 13.7. The summed E-state index contributed by atoms with van der Waals surface area (Å²) in [6.07, 6.45) is -1.45. The summed E-state index contributed by atoms with van der Waals surface area (Å²) < 4.78 is 18.2. The van der Waals surface area contributed by atoms with Crippen molar-refractivity contribution in [2.24, 2.45) is 0 Å². The Labute approximate surface area is 160 Å². The third-order valence-corrected chi connectivity index (χ3v) is 2.71. The number of rotatable bonds is 4. The molecule has 0 aromatic heterocycles. The standard InChI is InChI=1S/C16H14FO2.K/c1-12(17)16(18)19-15(13-8-4-2-5-9-13)14-10-6-3-7-11-14;/h2-11,15H,1H3;/q-1;+1. The van der Waals surface area contributed by atoms with Crippen LogP contribution in [0.3, 0.4) is 0 Å². The van der Waals surface area contributed by atoms with Gasteiger partial charge in [0, 0.05) is 0 Å². The molecule has 4 heteroatoms. The minimum Gasteiger partial charge on any atom is -0.473 e. The number of hydrogen-bond acceptors (Lipinski definition) is 2. The molecule has 0 aliphatic heterocycles. The molecule has 0 heterocycles. The largest absolute Gasteiger partial charge is 1.00 e. The average molecular weight is 296 g/mol. The molecule has 2 aromatic carbocycles. The minimum absolute atomic E-state index is 0. The van der Waals surface area contributed by atoms with Crippen LogP contribution in [0.1, 0.15) is 24.2 Å². The summed E-state index contributed by atoms with van der Waals surface area (Å²) in [7, 11) is 0. The van der Waals surface area contributed by atoms with Gasteiger partial charge in [0.25, 0.3) is 0 Å². The second kappa shape index (κ2) is 8.59. The molecule has 0 aliphatic carbocycles. The molecule has 2 aromatic rings. The van der Waals surface area contributed by atoms with E-state index in [4.69, 9.17) is 4.74 Å². The van der Waals surface area contributed by atoms with E-state index in [-0.39, 0.29) is 51.4 Å². The van der Waals surface area contributed by atoms with Crippen LogP contribution in [0.15, 0.2) is 60.7 Å². The van der Waals surface area contributed by atoms with E-state index in [1.807, 2.05) is 60.7 Å². The summed E-state index contributed by atoms with van der Waals surface area (Å²) in [6.45, 7) is 1.09. The first-order valence-electron chi connectivity index (χ1n) is 5.98. The molecule has 2 rings (SSSR count). The summed E-state index contributed by atoms with van der Waals surface area (Å²) >= 11 is 0. The summed E-state index contributed by atoms with van der Waals surface area (Å²) in [4.78, 5) is 11.5. The van der Waals surface area contributed by atoms with Crippen LogP contribution in [-0.2, 0) is 9.53 Å². The van der Waals surface area contributed by atoms with Crippen LogP contribution in [0.5, 0.6) is 0 Å². The predicted molar refractivity (Wildman–Crippen MR) is 70.8 cm³/mol. The molecule has 2 nitrogen and oxygen atoms in total. The first-order chi connectivity index (χ1) is 9.18. The van der Waals surface area contributed by atoms with Gasteiger partial charge >= 0.3 is 51.4 Å². The Bertz CT molecular complexity index is 489. The Hall–Kier alpha value is -0.654. The number of esters is 1. The second-order valence-electron chi connectivity index (χ2n) is 4.14. The van der Waals surface area contributed by atoms with Gasteiger partial charge in [-0.3, -0.25) is 4.79 Å². The predicted octanol–water partition coefficient (Wildman–Crippen LogP) is 0.845. The summed E-state index contributed by atoms with van der Waals surface area (Å²) in [5.74, 6) is -0.933. The van der Waals surface area contributed by atoms with Gasteiger partial charge in [-0.2, -0.15) is 0 Å². The molecule has 0 saturated carbocycles. The van der Waals surface area contributed by atoms with Crippen LogP contribution in [0.2, 0.25) is 0 Å². The van der Waals surface area contributed by atoms with Gasteiger partial charge in [0.15, 0.2) is 5.97 Å². The minimum atomic E-state index is -0.933. The molecule has 20 heavy (non-hydrogen) atoms. The summed E-state index contributed by atoms with van der Waals surface area (Å²) in [6, 6.07) is 18.5. The molecule has 0 saturated heterocycles. The van der Waals surface area contributed by atoms with Crippen molar-refractivity contribution < 1.29 is 65.3 Å². The fourth-order valence-electron chi connectivity index (χ4n) is 1.77. The second-order valence-corrected chi connectivity index (χ2v) is 4.14. The monoisotopic (exact) mass is 296 g/mol. The van der Waals surface area contributed by atoms with E-state index in [9.17, 15) is 9.18 Å². The average Bonchev–Trinajstić information content (AvgIpc) is 2.46.